The molecule has 1 N–H and O–H groups in total. The van der Waals surface area contributed by atoms with Crippen molar-refractivity contribution in [2.24, 2.45) is 7.05 Å². The normalized spacial score (nSPS) is 12.1. The highest BCUT2D eigenvalue weighted by atomic mass is 16.3. The molecule has 0 amide bonds. The van der Waals surface area contributed by atoms with Gasteiger partial charge in [0.1, 0.15) is 17.1 Å². The molecule has 0 fully saturated rings. The Morgan fingerprint density at radius 3 is 1.92 bits per heavy atom. The van der Waals surface area contributed by atoms with Crippen LogP contribution in [0.3, 0.4) is 0 Å². The maximum atomic E-state index is 11.8. The molecule has 0 bridgehead atoms. The van der Waals surface area contributed by atoms with Gasteiger partial charge in [-0.2, -0.15) is 0 Å². The molecule has 0 atom stereocenters. The number of hydrogen-bond acceptors (Lipinski definition) is 4. The zero-order valence-corrected chi connectivity index (χ0v) is 30.2. The molecule has 7 aromatic rings. The SMILES string of the molecule is Cc1cnc(-c2cc(-c3ccccc3)cc(-c3nccc4c3nc(-c3cc(C(C)(C)C)cc(C(C)(C)C)c3O)n4C)c2)cc1-c1ccccc1. The van der Waals surface area contributed by atoms with Gasteiger partial charge in [-0.05, 0) is 87.5 Å². The van der Waals surface area contributed by atoms with E-state index in [0.717, 1.165) is 78.1 Å². The van der Waals surface area contributed by atoms with Gasteiger partial charge in [-0.1, -0.05) is 108 Å². The molecule has 0 aliphatic carbocycles. The van der Waals surface area contributed by atoms with Gasteiger partial charge in [-0.15, -0.1) is 0 Å². The average Bonchev–Trinajstić information content (AvgIpc) is 3.44. The number of imidazole rings is 1. The highest BCUT2D eigenvalue weighted by molar-refractivity contribution is 5.94. The maximum absolute atomic E-state index is 11.8. The molecular formula is C45H44N4O. The highest BCUT2D eigenvalue weighted by Crippen LogP contribution is 2.43. The molecule has 3 heterocycles. The van der Waals surface area contributed by atoms with E-state index >= 15 is 0 Å². The topological polar surface area (TPSA) is 63.8 Å². The van der Waals surface area contributed by atoms with Crippen LogP contribution in [0.2, 0.25) is 0 Å². The first-order chi connectivity index (χ1) is 23.8. The minimum absolute atomic E-state index is 0.113. The van der Waals surface area contributed by atoms with E-state index < -0.39 is 0 Å². The van der Waals surface area contributed by atoms with Gasteiger partial charge in [-0.25, -0.2) is 4.98 Å². The van der Waals surface area contributed by atoms with Crippen LogP contribution < -0.4 is 0 Å². The Labute approximate surface area is 295 Å². The van der Waals surface area contributed by atoms with Crippen molar-refractivity contribution in [1.82, 2.24) is 19.5 Å². The van der Waals surface area contributed by atoms with Gasteiger partial charge in [0.25, 0.3) is 0 Å². The van der Waals surface area contributed by atoms with Gasteiger partial charge in [0.15, 0.2) is 0 Å². The Morgan fingerprint density at radius 1 is 0.620 bits per heavy atom. The predicted octanol–water partition coefficient (Wildman–Crippen LogP) is 11.3. The van der Waals surface area contributed by atoms with Crippen LogP contribution in [0, 0.1) is 6.92 Å². The molecule has 0 aliphatic rings. The summed E-state index contributed by atoms with van der Waals surface area (Å²) in [7, 11) is 2.02. The van der Waals surface area contributed by atoms with Crippen molar-refractivity contribution in [1.29, 1.82) is 0 Å². The monoisotopic (exact) mass is 656 g/mol. The molecule has 0 radical (unpaired) electrons. The summed E-state index contributed by atoms with van der Waals surface area (Å²) < 4.78 is 2.07. The fourth-order valence-electron chi connectivity index (χ4n) is 6.70. The van der Waals surface area contributed by atoms with Crippen molar-refractivity contribution in [3.05, 3.63) is 132 Å². The van der Waals surface area contributed by atoms with Crippen molar-refractivity contribution in [3.63, 3.8) is 0 Å². The number of aromatic nitrogens is 4. The Balaban J connectivity index is 1.45. The second-order valence-electron chi connectivity index (χ2n) is 15.4. The molecule has 50 heavy (non-hydrogen) atoms. The molecule has 250 valence electrons. The summed E-state index contributed by atoms with van der Waals surface area (Å²) in [5.41, 5.74) is 13.4. The van der Waals surface area contributed by atoms with E-state index in [-0.39, 0.29) is 16.6 Å². The molecule has 7 rings (SSSR count). The van der Waals surface area contributed by atoms with Gasteiger partial charge in [-0.3, -0.25) is 9.97 Å². The number of phenolic OH excluding ortho intramolecular Hbond substituents is 1. The third-order valence-electron chi connectivity index (χ3n) is 9.62. The molecule has 0 saturated heterocycles. The molecule has 3 aromatic heterocycles. The van der Waals surface area contributed by atoms with Crippen LogP contribution in [0.4, 0.5) is 0 Å². The fraction of sp³-hybridized carbons (Fsp3) is 0.222. The van der Waals surface area contributed by atoms with Crippen molar-refractivity contribution in [2.45, 2.75) is 59.3 Å². The third-order valence-corrected chi connectivity index (χ3v) is 9.62. The largest absolute Gasteiger partial charge is 0.507 e. The van der Waals surface area contributed by atoms with Gasteiger partial charge < -0.3 is 9.67 Å². The van der Waals surface area contributed by atoms with Crippen LogP contribution in [-0.4, -0.2) is 24.6 Å². The molecule has 0 unspecified atom stereocenters. The Hall–Kier alpha value is -5.55. The molecule has 0 spiro atoms. The summed E-state index contributed by atoms with van der Waals surface area (Å²) in [5, 5.41) is 11.8. The van der Waals surface area contributed by atoms with Crippen molar-refractivity contribution >= 4 is 11.0 Å². The van der Waals surface area contributed by atoms with Crippen molar-refractivity contribution in [3.8, 4) is 61.9 Å². The van der Waals surface area contributed by atoms with Gasteiger partial charge >= 0.3 is 0 Å². The lowest BCUT2D eigenvalue weighted by Gasteiger charge is -2.27. The smallest absolute Gasteiger partial charge is 0.144 e. The minimum Gasteiger partial charge on any atom is -0.507 e. The van der Waals surface area contributed by atoms with Gasteiger partial charge in [0.05, 0.1) is 22.5 Å². The number of rotatable bonds is 5. The minimum atomic E-state index is -0.254. The molecule has 5 nitrogen and oxygen atoms in total. The summed E-state index contributed by atoms with van der Waals surface area (Å²) in [5.74, 6) is 0.974. The van der Waals surface area contributed by atoms with Crippen LogP contribution in [0.25, 0.3) is 67.2 Å². The van der Waals surface area contributed by atoms with Gasteiger partial charge in [0, 0.05) is 36.1 Å². The van der Waals surface area contributed by atoms with E-state index in [1.165, 1.54) is 0 Å². The van der Waals surface area contributed by atoms with Gasteiger partial charge in [0.2, 0.25) is 0 Å². The van der Waals surface area contributed by atoms with Crippen LogP contribution >= 0.6 is 0 Å². The number of benzene rings is 4. The summed E-state index contributed by atoms with van der Waals surface area (Å²) in [6.07, 6.45) is 3.81. The van der Waals surface area contributed by atoms with Crippen LogP contribution in [0.15, 0.2) is 116 Å². The van der Waals surface area contributed by atoms with Crippen LogP contribution in [-0.2, 0) is 17.9 Å². The lowest BCUT2D eigenvalue weighted by Crippen LogP contribution is -2.17. The quantitative estimate of drug-likeness (QED) is 0.200. The second kappa shape index (κ2) is 12.4. The van der Waals surface area contributed by atoms with E-state index in [1.54, 1.807) is 0 Å². The first kappa shape index (κ1) is 33.0. The van der Waals surface area contributed by atoms with E-state index in [4.69, 9.17) is 15.0 Å². The summed E-state index contributed by atoms with van der Waals surface area (Å²) in [6, 6.07) is 35.9. The first-order valence-corrected chi connectivity index (χ1v) is 17.2. The predicted molar refractivity (Wildman–Crippen MR) is 207 cm³/mol. The second-order valence-corrected chi connectivity index (χ2v) is 15.4. The molecule has 4 aromatic carbocycles. The van der Waals surface area contributed by atoms with Crippen LogP contribution in [0.1, 0.15) is 58.2 Å². The summed E-state index contributed by atoms with van der Waals surface area (Å²) in [4.78, 5) is 15.1. The number of nitrogens with zero attached hydrogens (tertiary/aromatic N) is 4. The molecule has 5 heteroatoms. The molecular weight excluding hydrogens is 613 g/mol. The zero-order valence-electron chi connectivity index (χ0n) is 30.2. The Kier molecular flexibility index (Phi) is 8.18. The number of phenols is 1. The number of hydrogen-bond donors (Lipinski definition) is 1. The van der Waals surface area contributed by atoms with Crippen molar-refractivity contribution in [2.75, 3.05) is 0 Å². The highest BCUT2D eigenvalue weighted by Gasteiger charge is 2.28. The molecule has 0 saturated carbocycles. The maximum Gasteiger partial charge on any atom is 0.144 e. The number of aryl methyl sites for hydroxylation is 2. The van der Waals surface area contributed by atoms with E-state index in [1.807, 2.05) is 37.6 Å². The number of pyridine rings is 2. The average molecular weight is 657 g/mol. The molecule has 0 aliphatic heterocycles. The summed E-state index contributed by atoms with van der Waals surface area (Å²) >= 11 is 0. The van der Waals surface area contributed by atoms with Crippen LogP contribution in [0.5, 0.6) is 5.75 Å². The van der Waals surface area contributed by atoms with E-state index in [9.17, 15) is 5.11 Å². The summed E-state index contributed by atoms with van der Waals surface area (Å²) in [6.45, 7) is 15.1. The first-order valence-electron chi connectivity index (χ1n) is 17.2. The van der Waals surface area contributed by atoms with E-state index in [0.29, 0.717) is 5.82 Å². The fourth-order valence-corrected chi connectivity index (χ4v) is 6.70. The van der Waals surface area contributed by atoms with E-state index in [2.05, 4.69) is 138 Å². The Bertz CT molecular complexity index is 2360. The standard InChI is InChI=1S/C45H44N4O/c1-28-27-47-38(26-35(28)30-17-13-10-14-18-30)32-21-31(29-15-11-9-12-16-29)22-33(23-32)40-41-39(19-20-46-40)49(8)43(48-41)36-24-34(44(2,3)4)25-37(42(36)50)45(5,6)7/h9-27,50H,1-8H3. The number of aromatic hydroxyl groups is 1. The lowest BCUT2D eigenvalue weighted by atomic mass is 9.79. The van der Waals surface area contributed by atoms with Crippen molar-refractivity contribution < 1.29 is 5.11 Å². The third kappa shape index (κ3) is 6.09. The Morgan fingerprint density at radius 2 is 1.26 bits per heavy atom. The number of fused-ring (bicyclic) bond motifs is 1. The lowest BCUT2D eigenvalue weighted by molar-refractivity contribution is 0.446. The zero-order chi connectivity index (χ0) is 35.4.